The topological polar surface area (TPSA) is 74.2 Å². The molecular weight excluding hydrogens is 364 g/mol. The Morgan fingerprint density at radius 2 is 1.62 bits per heavy atom. The predicted octanol–water partition coefficient (Wildman–Crippen LogP) is 3.01. The summed E-state index contributed by atoms with van der Waals surface area (Å²) in [5.74, 6) is 1.53. The molecule has 3 heterocycles. The van der Waals surface area contributed by atoms with Crippen LogP contribution in [0.3, 0.4) is 0 Å². The van der Waals surface area contributed by atoms with E-state index in [1.807, 2.05) is 48.7 Å². The molecule has 1 N–H and O–H groups in total. The molecule has 1 fully saturated rings. The lowest BCUT2D eigenvalue weighted by Crippen LogP contribution is -2.47. The van der Waals surface area contributed by atoms with Gasteiger partial charge in [0, 0.05) is 38.1 Å². The van der Waals surface area contributed by atoms with Crippen molar-refractivity contribution < 1.29 is 4.79 Å². The number of rotatable bonds is 5. The third-order valence-corrected chi connectivity index (χ3v) is 5.07. The number of benzene rings is 1. The first-order valence-corrected chi connectivity index (χ1v) is 9.86. The van der Waals surface area contributed by atoms with Gasteiger partial charge >= 0.3 is 0 Å². The second-order valence-corrected chi connectivity index (χ2v) is 6.93. The van der Waals surface area contributed by atoms with Gasteiger partial charge in [-0.05, 0) is 36.2 Å². The summed E-state index contributed by atoms with van der Waals surface area (Å²) in [5.41, 5.74) is 2.29. The van der Waals surface area contributed by atoms with Crippen LogP contribution in [0.5, 0.6) is 0 Å². The van der Waals surface area contributed by atoms with Crippen LogP contribution in [0.1, 0.15) is 23.0 Å². The molecule has 7 nitrogen and oxygen atoms in total. The summed E-state index contributed by atoms with van der Waals surface area (Å²) in [6.45, 7) is 5.51. The van der Waals surface area contributed by atoms with Crippen molar-refractivity contribution >= 4 is 23.2 Å². The minimum atomic E-state index is -0.256. The van der Waals surface area contributed by atoms with Gasteiger partial charge in [0.15, 0.2) is 0 Å². The van der Waals surface area contributed by atoms with Crippen molar-refractivity contribution in [1.82, 2.24) is 15.0 Å². The van der Waals surface area contributed by atoms with Crippen LogP contribution in [-0.2, 0) is 6.42 Å². The van der Waals surface area contributed by atoms with Gasteiger partial charge in [0.05, 0.1) is 12.4 Å². The maximum Gasteiger partial charge on any atom is 0.275 e. The van der Waals surface area contributed by atoms with E-state index < -0.39 is 0 Å². The lowest BCUT2D eigenvalue weighted by molar-refractivity contribution is 0.102. The minimum absolute atomic E-state index is 0.256. The fraction of sp³-hybridized carbons (Fsp3) is 0.273. The van der Waals surface area contributed by atoms with Gasteiger partial charge in [0.1, 0.15) is 17.3 Å². The molecule has 0 aliphatic carbocycles. The molecule has 1 amide bonds. The van der Waals surface area contributed by atoms with Gasteiger partial charge in [-0.25, -0.2) is 15.0 Å². The molecule has 4 rings (SSSR count). The van der Waals surface area contributed by atoms with Crippen LogP contribution in [0.15, 0.2) is 61.1 Å². The number of carbonyl (C=O) groups excluding carboxylic acids is 1. The molecule has 1 aromatic carbocycles. The summed E-state index contributed by atoms with van der Waals surface area (Å²) in [6.07, 6.45) is 5.99. The lowest BCUT2D eigenvalue weighted by Gasteiger charge is -2.35. The number of hydrogen-bond donors (Lipinski definition) is 1. The van der Waals surface area contributed by atoms with Crippen molar-refractivity contribution in [2.24, 2.45) is 0 Å². The number of amides is 1. The molecule has 0 bridgehead atoms. The van der Waals surface area contributed by atoms with Crippen molar-refractivity contribution in [2.75, 3.05) is 41.3 Å². The first-order valence-electron chi connectivity index (χ1n) is 9.86. The van der Waals surface area contributed by atoms with Crippen LogP contribution in [0.2, 0.25) is 0 Å². The quantitative estimate of drug-likeness (QED) is 0.724. The molecular formula is C22H24N6O. The Hall–Kier alpha value is -3.48. The van der Waals surface area contributed by atoms with Crippen molar-refractivity contribution in [3.8, 4) is 0 Å². The predicted molar refractivity (Wildman–Crippen MR) is 114 cm³/mol. The standard InChI is InChI=1S/C22H24N6O/c1-2-17-6-8-18(9-7-17)26-22(29)19-15-25-21(16-24-19)28-13-11-27(12-14-28)20-5-3-4-10-23-20/h3-10,15-16H,2,11-14H2,1H3,(H,26,29). The lowest BCUT2D eigenvalue weighted by atomic mass is 10.1. The van der Waals surface area contributed by atoms with E-state index in [-0.39, 0.29) is 5.91 Å². The van der Waals surface area contributed by atoms with E-state index in [9.17, 15) is 4.79 Å². The Bertz CT molecular complexity index is 935. The summed E-state index contributed by atoms with van der Waals surface area (Å²) in [5, 5.41) is 2.86. The number of carbonyl (C=O) groups is 1. The van der Waals surface area contributed by atoms with Crippen LogP contribution < -0.4 is 15.1 Å². The Morgan fingerprint density at radius 1 is 0.897 bits per heavy atom. The molecule has 148 valence electrons. The maximum absolute atomic E-state index is 12.4. The van der Waals surface area contributed by atoms with Gasteiger partial charge < -0.3 is 15.1 Å². The van der Waals surface area contributed by atoms with Crippen molar-refractivity contribution in [3.63, 3.8) is 0 Å². The van der Waals surface area contributed by atoms with E-state index in [2.05, 4.69) is 37.0 Å². The summed E-state index contributed by atoms with van der Waals surface area (Å²) in [7, 11) is 0. The molecule has 7 heteroatoms. The van der Waals surface area contributed by atoms with Gasteiger partial charge in [0.25, 0.3) is 5.91 Å². The van der Waals surface area contributed by atoms with Crippen LogP contribution in [0.4, 0.5) is 17.3 Å². The highest BCUT2D eigenvalue weighted by Crippen LogP contribution is 2.17. The average molecular weight is 388 g/mol. The number of aryl methyl sites for hydroxylation is 1. The van der Waals surface area contributed by atoms with E-state index in [0.29, 0.717) is 5.69 Å². The van der Waals surface area contributed by atoms with Crippen molar-refractivity contribution in [3.05, 3.63) is 72.3 Å². The molecule has 29 heavy (non-hydrogen) atoms. The first kappa shape index (κ1) is 18.9. The zero-order valence-electron chi connectivity index (χ0n) is 16.5. The molecule has 1 aliphatic heterocycles. The molecule has 0 radical (unpaired) electrons. The van der Waals surface area contributed by atoms with Crippen LogP contribution in [0.25, 0.3) is 0 Å². The Labute approximate surface area is 170 Å². The second-order valence-electron chi connectivity index (χ2n) is 6.93. The number of pyridine rings is 1. The number of nitrogens with zero attached hydrogens (tertiary/aromatic N) is 5. The smallest absolute Gasteiger partial charge is 0.275 e. The molecule has 0 spiro atoms. The minimum Gasteiger partial charge on any atom is -0.353 e. The van der Waals surface area contributed by atoms with E-state index in [4.69, 9.17) is 0 Å². The van der Waals surface area contributed by atoms with Gasteiger partial charge in [-0.15, -0.1) is 0 Å². The van der Waals surface area contributed by atoms with Gasteiger partial charge in [0.2, 0.25) is 0 Å². The molecule has 0 saturated carbocycles. The van der Waals surface area contributed by atoms with E-state index in [1.165, 1.54) is 11.8 Å². The normalized spacial score (nSPS) is 14.0. The molecule has 1 aliphatic rings. The van der Waals surface area contributed by atoms with Gasteiger partial charge in [-0.3, -0.25) is 4.79 Å². The van der Waals surface area contributed by atoms with Crippen molar-refractivity contribution in [1.29, 1.82) is 0 Å². The van der Waals surface area contributed by atoms with E-state index in [1.54, 1.807) is 6.20 Å². The Kier molecular flexibility index (Phi) is 5.65. The fourth-order valence-electron chi connectivity index (χ4n) is 3.33. The second kappa shape index (κ2) is 8.68. The average Bonchev–Trinajstić information content (AvgIpc) is 2.80. The fourth-order valence-corrected chi connectivity index (χ4v) is 3.33. The summed E-state index contributed by atoms with van der Waals surface area (Å²) in [6, 6.07) is 13.8. The Morgan fingerprint density at radius 3 is 2.21 bits per heavy atom. The summed E-state index contributed by atoms with van der Waals surface area (Å²) >= 11 is 0. The molecule has 2 aromatic heterocycles. The van der Waals surface area contributed by atoms with Crippen molar-refractivity contribution in [2.45, 2.75) is 13.3 Å². The van der Waals surface area contributed by atoms with Gasteiger partial charge in [-0.2, -0.15) is 0 Å². The number of nitrogens with one attached hydrogen (secondary N) is 1. The maximum atomic E-state index is 12.4. The largest absolute Gasteiger partial charge is 0.353 e. The van der Waals surface area contributed by atoms with Gasteiger partial charge in [-0.1, -0.05) is 25.1 Å². The van der Waals surface area contributed by atoms with E-state index >= 15 is 0 Å². The van der Waals surface area contributed by atoms with Crippen LogP contribution >= 0.6 is 0 Å². The monoisotopic (exact) mass is 388 g/mol. The summed E-state index contributed by atoms with van der Waals surface area (Å²) < 4.78 is 0. The number of anilines is 3. The molecule has 3 aromatic rings. The van der Waals surface area contributed by atoms with E-state index in [0.717, 1.165) is 49.9 Å². The number of aromatic nitrogens is 3. The molecule has 1 saturated heterocycles. The highest BCUT2D eigenvalue weighted by molar-refractivity contribution is 6.02. The Balaban J connectivity index is 1.34. The number of hydrogen-bond acceptors (Lipinski definition) is 6. The van der Waals surface area contributed by atoms with Crippen LogP contribution in [-0.4, -0.2) is 47.0 Å². The number of piperazine rings is 1. The third kappa shape index (κ3) is 4.51. The molecule has 0 unspecified atom stereocenters. The van der Waals surface area contributed by atoms with Crippen LogP contribution in [0, 0.1) is 0 Å². The third-order valence-electron chi connectivity index (χ3n) is 5.07. The first-order chi connectivity index (χ1) is 14.2. The SMILES string of the molecule is CCc1ccc(NC(=O)c2cnc(N3CCN(c4ccccn4)CC3)cn2)cc1. The zero-order chi connectivity index (χ0) is 20.1. The zero-order valence-corrected chi connectivity index (χ0v) is 16.5. The highest BCUT2D eigenvalue weighted by atomic mass is 16.1. The highest BCUT2D eigenvalue weighted by Gasteiger charge is 2.19. The molecule has 0 atom stereocenters. The summed E-state index contributed by atoms with van der Waals surface area (Å²) in [4.78, 5) is 30.0.